The summed E-state index contributed by atoms with van der Waals surface area (Å²) in [7, 11) is 0. The first-order valence-corrected chi connectivity index (χ1v) is 10.9. The third-order valence-electron chi connectivity index (χ3n) is 4.78. The van der Waals surface area contributed by atoms with Gasteiger partial charge in [-0.15, -0.1) is 11.3 Å². The lowest BCUT2D eigenvalue weighted by atomic mass is 10.1. The standard InChI is InChI=1S/C22H21ClFN3O2S/c23-19-11-17(4-5-20(19)24)25-21(28)12-18-14-30-22(26-18)16-3-1-2-15(10-16)13-27-6-8-29-9-7-27/h1-5,10-11,14H,6-9,12-13H2,(H,25,28). The Hall–Kier alpha value is -2.32. The number of rotatable bonds is 6. The number of morpholine rings is 1. The van der Waals surface area contributed by atoms with Gasteiger partial charge in [0, 0.05) is 36.3 Å². The summed E-state index contributed by atoms with van der Waals surface area (Å²) in [6, 6.07) is 12.4. The van der Waals surface area contributed by atoms with Crippen molar-refractivity contribution in [3.63, 3.8) is 0 Å². The Labute approximate surface area is 183 Å². The van der Waals surface area contributed by atoms with E-state index >= 15 is 0 Å². The minimum absolute atomic E-state index is 0.0271. The lowest BCUT2D eigenvalue weighted by Gasteiger charge is -2.26. The van der Waals surface area contributed by atoms with E-state index in [0.717, 1.165) is 43.4 Å². The van der Waals surface area contributed by atoms with Gasteiger partial charge in [0.1, 0.15) is 10.8 Å². The van der Waals surface area contributed by atoms with Crippen molar-refractivity contribution in [1.29, 1.82) is 0 Å². The summed E-state index contributed by atoms with van der Waals surface area (Å²) in [4.78, 5) is 19.3. The lowest BCUT2D eigenvalue weighted by Crippen LogP contribution is -2.35. The Morgan fingerprint density at radius 1 is 1.23 bits per heavy atom. The molecule has 2 aromatic carbocycles. The molecule has 0 bridgehead atoms. The Morgan fingerprint density at radius 2 is 2.07 bits per heavy atom. The van der Waals surface area contributed by atoms with Gasteiger partial charge in [-0.25, -0.2) is 9.37 Å². The number of halogens is 2. The number of aromatic nitrogens is 1. The van der Waals surface area contributed by atoms with Crippen LogP contribution in [0.2, 0.25) is 5.02 Å². The molecule has 156 valence electrons. The smallest absolute Gasteiger partial charge is 0.230 e. The molecule has 5 nitrogen and oxygen atoms in total. The summed E-state index contributed by atoms with van der Waals surface area (Å²) in [5.74, 6) is -0.745. The maximum atomic E-state index is 13.2. The van der Waals surface area contributed by atoms with Crippen molar-refractivity contribution in [2.24, 2.45) is 0 Å². The molecule has 1 saturated heterocycles. The Kier molecular flexibility index (Phi) is 6.74. The van der Waals surface area contributed by atoms with Crippen molar-refractivity contribution in [2.45, 2.75) is 13.0 Å². The molecule has 0 radical (unpaired) electrons. The van der Waals surface area contributed by atoms with Crippen molar-refractivity contribution in [3.8, 4) is 10.6 Å². The number of hydrogen-bond donors (Lipinski definition) is 1. The fourth-order valence-electron chi connectivity index (χ4n) is 3.28. The topological polar surface area (TPSA) is 54.5 Å². The molecule has 1 fully saturated rings. The van der Waals surface area contributed by atoms with Crippen LogP contribution in [-0.4, -0.2) is 42.1 Å². The normalized spacial score (nSPS) is 14.6. The van der Waals surface area contributed by atoms with Gasteiger partial charge in [-0.3, -0.25) is 9.69 Å². The van der Waals surface area contributed by atoms with E-state index in [4.69, 9.17) is 16.3 Å². The van der Waals surface area contributed by atoms with E-state index in [9.17, 15) is 9.18 Å². The molecule has 0 atom stereocenters. The van der Waals surface area contributed by atoms with Crippen LogP contribution in [0.4, 0.5) is 10.1 Å². The van der Waals surface area contributed by atoms with Gasteiger partial charge in [-0.2, -0.15) is 0 Å². The molecule has 1 amide bonds. The van der Waals surface area contributed by atoms with Gasteiger partial charge in [0.2, 0.25) is 5.91 Å². The summed E-state index contributed by atoms with van der Waals surface area (Å²) < 4.78 is 18.7. The van der Waals surface area contributed by atoms with E-state index in [1.807, 2.05) is 17.5 Å². The third kappa shape index (κ3) is 5.43. The van der Waals surface area contributed by atoms with Gasteiger partial charge in [-0.05, 0) is 29.8 Å². The van der Waals surface area contributed by atoms with Gasteiger partial charge in [0.15, 0.2) is 0 Å². The van der Waals surface area contributed by atoms with Crippen molar-refractivity contribution >= 4 is 34.5 Å². The minimum atomic E-state index is -0.519. The summed E-state index contributed by atoms with van der Waals surface area (Å²) >= 11 is 7.27. The monoisotopic (exact) mass is 445 g/mol. The number of carbonyl (C=O) groups excluding carboxylic acids is 1. The number of nitrogens with zero attached hydrogens (tertiary/aromatic N) is 2. The van der Waals surface area contributed by atoms with Crippen molar-refractivity contribution in [2.75, 3.05) is 31.6 Å². The largest absolute Gasteiger partial charge is 0.379 e. The summed E-state index contributed by atoms with van der Waals surface area (Å²) in [6.07, 6.45) is 0.138. The van der Waals surface area contributed by atoms with Crippen molar-refractivity contribution in [1.82, 2.24) is 9.88 Å². The first-order chi connectivity index (χ1) is 14.6. The molecule has 8 heteroatoms. The maximum Gasteiger partial charge on any atom is 0.230 e. The van der Waals surface area contributed by atoms with Gasteiger partial charge >= 0.3 is 0 Å². The lowest BCUT2D eigenvalue weighted by molar-refractivity contribution is -0.115. The molecule has 30 heavy (non-hydrogen) atoms. The van der Waals surface area contributed by atoms with E-state index in [1.165, 1.54) is 35.1 Å². The van der Waals surface area contributed by atoms with Crippen LogP contribution in [0.1, 0.15) is 11.3 Å². The highest BCUT2D eigenvalue weighted by molar-refractivity contribution is 7.13. The molecule has 0 saturated carbocycles. The van der Waals surface area contributed by atoms with Crippen LogP contribution in [0.25, 0.3) is 10.6 Å². The van der Waals surface area contributed by atoms with Crippen LogP contribution in [-0.2, 0) is 22.5 Å². The maximum absolute atomic E-state index is 13.2. The van der Waals surface area contributed by atoms with E-state index in [1.54, 1.807) is 0 Å². The number of anilines is 1. The van der Waals surface area contributed by atoms with E-state index in [0.29, 0.717) is 11.4 Å². The molecule has 1 aliphatic rings. The summed E-state index contributed by atoms with van der Waals surface area (Å²) in [5.41, 5.74) is 3.43. The van der Waals surface area contributed by atoms with Crippen LogP contribution >= 0.6 is 22.9 Å². The predicted octanol–water partition coefficient (Wildman–Crippen LogP) is 4.62. The molecule has 1 N–H and O–H groups in total. The second kappa shape index (κ2) is 9.66. The molecule has 0 spiro atoms. The van der Waals surface area contributed by atoms with Gasteiger partial charge < -0.3 is 10.1 Å². The van der Waals surface area contributed by atoms with Gasteiger partial charge in [-0.1, -0.05) is 29.8 Å². The number of carbonyl (C=O) groups is 1. The molecule has 4 rings (SSSR count). The van der Waals surface area contributed by atoms with Crippen molar-refractivity contribution < 1.29 is 13.9 Å². The SMILES string of the molecule is O=C(Cc1csc(-c2cccc(CN3CCOCC3)c2)n1)Nc1ccc(F)c(Cl)c1. The van der Waals surface area contributed by atoms with Crippen LogP contribution in [0.15, 0.2) is 47.8 Å². The number of hydrogen-bond acceptors (Lipinski definition) is 5. The number of nitrogens with one attached hydrogen (secondary N) is 1. The number of amides is 1. The summed E-state index contributed by atoms with van der Waals surface area (Å²) in [5, 5.41) is 5.46. The Balaban J connectivity index is 1.39. The second-order valence-electron chi connectivity index (χ2n) is 7.09. The fraction of sp³-hybridized carbons (Fsp3) is 0.273. The quantitative estimate of drug-likeness (QED) is 0.601. The van der Waals surface area contributed by atoms with E-state index in [-0.39, 0.29) is 17.4 Å². The average molecular weight is 446 g/mol. The zero-order valence-corrected chi connectivity index (χ0v) is 17.8. The minimum Gasteiger partial charge on any atom is -0.379 e. The van der Waals surface area contributed by atoms with Crippen LogP contribution < -0.4 is 5.32 Å². The zero-order valence-electron chi connectivity index (χ0n) is 16.2. The summed E-state index contributed by atoms with van der Waals surface area (Å²) in [6.45, 7) is 4.33. The highest BCUT2D eigenvalue weighted by atomic mass is 35.5. The second-order valence-corrected chi connectivity index (χ2v) is 8.35. The molecular weight excluding hydrogens is 425 g/mol. The van der Waals surface area contributed by atoms with Crippen LogP contribution in [0.3, 0.4) is 0 Å². The number of thiazole rings is 1. The van der Waals surface area contributed by atoms with E-state index in [2.05, 4.69) is 27.3 Å². The molecule has 0 aliphatic carbocycles. The average Bonchev–Trinajstić information content (AvgIpc) is 3.20. The van der Waals surface area contributed by atoms with E-state index < -0.39 is 5.82 Å². The molecule has 1 aliphatic heterocycles. The zero-order chi connectivity index (χ0) is 20.9. The molecule has 0 unspecified atom stereocenters. The van der Waals surface area contributed by atoms with Gasteiger partial charge in [0.05, 0.1) is 30.4 Å². The third-order valence-corrected chi connectivity index (χ3v) is 6.01. The number of ether oxygens (including phenoxy) is 1. The highest BCUT2D eigenvalue weighted by Crippen LogP contribution is 2.26. The van der Waals surface area contributed by atoms with Crippen molar-refractivity contribution in [3.05, 3.63) is 69.9 Å². The Bertz CT molecular complexity index is 1040. The molecule has 1 aromatic heterocycles. The predicted molar refractivity (Wildman–Crippen MR) is 117 cm³/mol. The van der Waals surface area contributed by atoms with Gasteiger partial charge in [0.25, 0.3) is 0 Å². The number of benzene rings is 2. The molecule has 3 aromatic rings. The first kappa shape index (κ1) is 20.9. The van der Waals surface area contributed by atoms with Crippen LogP contribution in [0.5, 0.6) is 0 Å². The first-order valence-electron chi connectivity index (χ1n) is 9.65. The highest BCUT2D eigenvalue weighted by Gasteiger charge is 2.13. The fourth-order valence-corrected chi connectivity index (χ4v) is 4.28. The van der Waals surface area contributed by atoms with Crippen LogP contribution in [0, 0.1) is 5.82 Å². The molecule has 2 heterocycles. The Morgan fingerprint density at radius 3 is 2.87 bits per heavy atom. The molecular formula is C22H21ClFN3O2S.